The van der Waals surface area contributed by atoms with Crippen LogP contribution < -0.4 is 0 Å². The lowest BCUT2D eigenvalue weighted by atomic mass is 10.2. The summed E-state index contributed by atoms with van der Waals surface area (Å²) in [6.07, 6.45) is 2.07. The highest BCUT2D eigenvalue weighted by molar-refractivity contribution is 7.18. The molecule has 98 valence electrons. The summed E-state index contributed by atoms with van der Waals surface area (Å²) in [5.41, 5.74) is 1.92. The van der Waals surface area contributed by atoms with Crippen LogP contribution >= 0.6 is 11.3 Å². The van der Waals surface area contributed by atoms with Crippen LogP contribution in [0.3, 0.4) is 0 Å². The Balaban J connectivity index is 2.19. The molecule has 0 aromatic carbocycles. The van der Waals surface area contributed by atoms with Gasteiger partial charge in [0.25, 0.3) is 0 Å². The predicted octanol–water partition coefficient (Wildman–Crippen LogP) is 1.97. The smallest absolute Gasteiger partial charge is 0.303 e. The van der Waals surface area contributed by atoms with Gasteiger partial charge in [0.05, 0.1) is 11.8 Å². The molecular weight excluding hydrogens is 264 g/mol. The molecule has 19 heavy (non-hydrogen) atoms. The van der Waals surface area contributed by atoms with E-state index in [2.05, 4.69) is 22.1 Å². The number of hydrogen-bond donors (Lipinski definition) is 1. The topological polar surface area (TPSA) is 80.4 Å². The third kappa shape index (κ3) is 1.86. The molecule has 3 heterocycles. The second-order valence-electron chi connectivity index (χ2n) is 4.41. The molecule has 0 bridgehead atoms. The number of carboxylic acid groups (broad SMARTS) is 1. The lowest BCUT2D eigenvalue weighted by Crippen LogP contribution is -2.01. The quantitative estimate of drug-likeness (QED) is 0.791. The van der Waals surface area contributed by atoms with Crippen molar-refractivity contribution in [3.63, 3.8) is 0 Å². The van der Waals surface area contributed by atoms with Crippen LogP contribution in [0, 0.1) is 13.8 Å². The van der Waals surface area contributed by atoms with E-state index in [0.717, 1.165) is 21.4 Å². The minimum absolute atomic E-state index is 0.0421. The molecule has 0 saturated heterocycles. The Bertz CT molecular complexity index is 790. The van der Waals surface area contributed by atoms with Crippen molar-refractivity contribution in [1.82, 2.24) is 19.6 Å². The minimum Gasteiger partial charge on any atom is -0.481 e. The van der Waals surface area contributed by atoms with Crippen LogP contribution in [0.2, 0.25) is 0 Å². The van der Waals surface area contributed by atoms with Gasteiger partial charge < -0.3 is 5.11 Å². The lowest BCUT2D eigenvalue weighted by molar-refractivity contribution is -0.137. The van der Waals surface area contributed by atoms with Gasteiger partial charge in [-0.1, -0.05) is 0 Å². The summed E-state index contributed by atoms with van der Waals surface area (Å²) in [5.74, 6) is -0.205. The minimum atomic E-state index is -0.839. The third-order valence-electron chi connectivity index (χ3n) is 3.21. The maximum atomic E-state index is 10.6. The van der Waals surface area contributed by atoms with Crippen LogP contribution in [0.5, 0.6) is 0 Å². The van der Waals surface area contributed by atoms with Gasteiger partial charge in [-0.2, -0.15) is 0 Å². The fraction of sp³-hybridized carbons (Fsp3) is 0.333. The van der Waals surface area contributed by atoms with Crippen molar-refractivity contribution < 1.29 is 9.90 Å². The first-order valence-electron chi connectivity index (χ1n) is 5.88. The molecule has 0 amide bonds. The van der Waals surface area contributed by atoms with E-state index in [1.165, 1.54) is 4.88 Å². The molecule has 0 saturated carbocycles. The predicted molar refractivity (Wildman–Crippen MR) is 71.6 cm³/mol. The number of carbonyl (C=O) groups is 1. The average molecular weight is 276 g/mol. The van der Waals surface area contributed by atoms with Gasteiger partial charge >= 0.3 is 5.97 Å². The van der Waals surface area contributed by atoms with Gasteiger partial charge in [0.15, 0.2) is 5.65 Å². The standard InChI is InChI=1S/C12H12N4O2S/c1-6-7(2)19-12-10(6)11-15-14-8(3-4-9(17)18)16(11)5-13-12/h5H,3-4H2,1-2H3,(H,17,18). The van der Waals surface area contributed by atoms with E-state index in [9.17, 15) is 4.79 Å². The molecule has 7 heteroatoms. The van der Waals surface area contributed by atoms with Crippen molar-refractivity contribution in [3.8, 4) is 0 Å². The zero-order chi connectivity index (χ0) is 13.6. The van der Waals surface area contributed by atoms with Crippen LogP contribution in [0.1, 0.15) is 22.7 Å². The van der Waals surface area contributed by atoms with Crippen LogP contribution in [0.4, 0.5) is 0 Å². The number of hydrogen-bond acceptors (Lipinski definition) is 5. The zero-order valence-corrected chi connectivity index (χ0v) is 11.4. The summed E-state index contributed by atoms with van der Waals surface area (Å²) >= 11 is 1.63. The highest BCUT2D eigenvalue weighted by Gasteiger charge is 2.15. The number of aryl methyl sites for hydroxylation is 3. The van der Waals surface area contributed by atoms with Crippen LogP contribution in [-0.4, -0.2) is 30.7 Å². The number of fused-ring (bicyclic) bond motifs is 3. The van der Waals surface area contributed by atoms with Gasteiger partial charge in [0.2, 0.25) is 0 Å². The zero-order valence-electron chi connectivity index (χ0n) is 10.5. The molecule has 0 aliphatic rings. The summed E-state index contributed by atoms with van der Waals surface area (Å²) < 4.78 is 1.78. The van der Waals surface area contributed by atoms with Crippen LogP contribution in [0.15, 0.2) is 6.33 Å². The van der Waals surface area contributed by atoms with Crippen molar-refractivity contribution in [2.24, 2.45) is 0 Å². The molecular formula is C12H12N4O2S. The number of aliphatic carboxylic acids is 1. The number of thiophene rings is 1. The van der Waals surface area contributed by atoms with Gasteiger partial charge in [-0.25, -0.2) is 4.98 Å². The molecule has 0 fully saturated rings. The lowest BCUT2D eigenvalue weighted by Gasteiger charge is -1.98. The molecule has 0 unspecified atom stereocenters. The van der Waals surface area contributed by atoms with E-state index >= 15 is 0 Å². The normalized spacial score (nSPS) is 11.5. The Kier molecular flexibility index (Phi) is 2.70. The maximum Gasteiger partial charge on any atom is 0.303 e. The van der Waals surface area contributed by atoms with E-state index in [0.29, 0.717) is 12.2 Å². The summed E-state index contributed by atoms with van der Waals surface area (Å²) in [4.78, 5) is 17.2. The second-order valence-corrected chi connectivity index (χ2v) is 5.61. The second kappa shape index (κ2) is 4.27. The molecule has 1 N–H and O–H groups in total. The number of aromatic nitrogens is 4. The van der Waals surface area contributed by atoms with Gasteiger partial charge in [-0.3, -0.25) is 9.20 Å². The Morgan fingerprint density at radius 3 is 2.95 bits per heavy atom. The van der Waals surface area contributed by atoms with Crippen LogP contribution in [0.25, 0.3) is 15.9 Å². The number of carboxylic acids is 1. The van der Waals surface area contributed by atoms with Crippen molar-refractivity contribution >= 4 is 33.2 Å². The first kappa shape index (κ1) is 12.0. The SMILES string of the molecule is Cc1sc2ncn3c(CCC(=O)O)nnc3c2c1C. The van der Waals surface area contributed by atoms with Crippen molar-refractivity contribution in [3.05, 3.63) is 22.6 Å². The molecule has 0 spiro atoms. The molecule has 0 aliphatic heterocycles. The molecule has 0 radical (unpaired) electrons. The molecule has 3 aromatic heterocycles. The Morgan fingerprint density at radius 2 is 2.21 bits per heavy atom. The summed E-state index contributed by atoms with van der Waals surface area (Å²) in [7, 11) is 0. The van der Waals surface area contributed by atoms with Crippen molar-refractivity contribution in [1.29, 1.82) is 0 Å². The summed E-state index contributed by atoms with van der Waals surface area (Å²) in [6, 6.07) is 0. The number of rotatable bonds is 3. The Labute approximate surface area is 112 Å². The monoisotopic (exact) mass is 276 g/mol. The van der Waals surface area contributed by atoms with Crippen LogP contribution in [-0.2, 0) is 11.2 Å². The van der Waals surface area contributed by atoms with Crippen molar-refractivity contribution in [2.75, 3.05) is 0 Å². The first-order valence-corrected chi connectivity index (χ1v) is 6.69. The van der Waals surface area contributed by atoms with E-state index in [4.69, 9.17) is 5.11 Å². The molecule has 3 aromatic rings. The van der Waals surface area contributed by atoms with Gasteiger partial charge in [-0.05, 0) is 19.4 Å². The fourth-order valence-electron chi connectivity index (χ4n) is 2.08. The van der Waals surface area contributed by atoms with Gasteiger partial charge in [-0.15, -0.1) is 21.5 Å². The van der Waals surface area contributed by atoms with E-state index in [-0.39, 0.29) is 6.42 Å². The largest absolute Gasteiger partial charge is 0.481 e. The van der Waals surface area contributed by atoms with Gasteiger partial charge in [0.1, 0.15) is 17.0 Å². The van der Waals surface area contributed by atoms with Gasteiger partial charge in [0, 0.05) is 11.3 Å². The molecule has 6 nitrogen and oxygen atoms in total. The summed E-state index contributed by atoms with van der Waals surface area (Å²) in [5, 5.41) is 18.0. The average Bonchev–Trinajstić information content (AvgIpc) is 2.89. The maximum absolute atomic E-state index is 10.6. The molecule has 0 atom stereocenters. The molecule has 3 rings (SSSR count). The highest BCUT2D eigenvalue weighted by atomic mass is 32.1. The Hall–Kier alpha value is -2.02. The van der Waals surface area contributed by atoms with Crippen molar-refractivity contribution in [2.45, 2.75) is 26.7 Å². The molecule has 0 aliphatic carbocycles. The Morgan fingerprint density at radius 1 is 1.42 bits per heavy atom. The first-order chi connectivity index (χ1) is 9.08. The highest BCUT2D eigenvalue weighted by Crippen LogP contribution is 2.30. The number of nitrogens with zero attached hydrogens (tertiary/aromatic N) is 4. The third-order valence-corrected chi connectivity index (χ3v) is 4.32. The van der Waals surface area contributed by atoms with E-state index in [1.54, 1.807) is 22.1 Å². The summed E-state index contributed by atoms with van der Waals surface area (Å²) in [6.45, 7) is 4.10. The van der Waals surface area contributed by atoms with E-state index < -0.39 is 5.97 Å². The fourth-order valence-corrected chi connectivity index (χ4v) is 3.07. The van der Waals surface area contributed by atoms with E-state index in [1.807, 2.05) is 6.92 Å².